The van der Waals surface area contributed by atoms with E-state index in [0.29, 0.717) is 12.8 Å². The van der Waals surface area contributed by atoms with Crippen molar-refractivity contribution in [3.05, 3.63) is 48.6 Å². The molecule has 1 N–H and O–H groups in total. The molecule has 0 aliphatic carbocycles. The zero-order chi connectivity index (χ0) is 29.4. The molecule has 0 saturated heterocycles. The van der Waals surface area contributed by atoms with E-state index in [0.717, 1.165) is 64.2 Å². The van der Waals surface area contributed by atoms with Crippen molar-refractivity contribution < 1.29 is 24.2 Å². The third-order valence-electron chi connectivity index (χ3n) is 6.61. The first kappa shape index (κ1) is 37.9. The summed E-state index contributed by atoms with van der Waals surface area (Å²) in [5.74, 6) is -0.626. The predicted molar refractivity (Wildman–Crippen MR) is 168 cm³/mol. The molecule has 0 radical (unpaired) electrons. The molecule has 0 aromatic carbocycles. The molecule has 0 aromatic rings. The molecular formula is C35H60O5. The SMILES string of the molecule is CCCC=CC=CCCCCCCCCC(=O)OC[C@H](CO)OC(=O)CCCCCCCCC=CC=CCCC. The normalized spacial score (nSPS) is 12.8. The number of hydrogen-bond donors (Lipinski definition) is 1. The number of allylic oxidation sites excluding steroid dienone is 8. The summed E-state index contributed by atoms with van der Waals surface area (Å²) < 4.78 is 10.5. The Bertz CT molecular complexity index is 692. The van der Waals surface area contributed by atoms with E-state index in [1.54, 1.807) is 0 Å². The third-order valence-corrected chi connectivity index (χ3v) is 6.61. The summed E-state index contributed by atoms with van der Waals surface area (Å²) in [5.41, 5.74) is 0. The smallest absolute Gasteiger partial charge is 0.306 e. The van der Waals surface area contributed by atoms with E-state index >= 15 is 0 Å². The van der Waals surface area contributed by atoms with Gasteiger partial charge < -0.3 is 14.6 Å². The van der Waals surface area contributed by atoms with Gasteiger partial charge in [0.05, 0.1) is 6.61 Å². The Morgan fingerprint density at radius 3 is 1.43 bits per heavy atom. The average Bonchev–Trinajstić information content (AvgIpc) is 2.96. The first-order valence-electron chi connectivity index (χ1n) is 16.2. The summed E-state index contributed by atoms with van der Waals surface area (Å²) in [4.78, 5) is 24.1. The van der Waals surface area contributed by atoms with E-state index in [1.165, 1.54) is 51.4 Å². The van der Waals surface area contributed by atoms with E-state index in [-0.39, 0.29) is 25.2 Å². The second-order valence-electron chi connectivity index (χ2n) is 10.6. The topological polar surface area (TPSA) is 72.8 Å². The Morgan fingerprint density at radius 1 is 0.575 bits per heavy atom. The van der Waals surface area contributed by atoms with Gasteiger partial charge in [-0.25, -0.2) is 0 Å². The average molecular weight is 561 g/mol. The van der Waals surface area contributed by atoms with Crippen LogP contribution in [-0.4, -0.2) is 36.4 Å². The fraction of sp³-hybridized carbons (Fsp3) is 0.714. The molecule has 5 nitrogen and oxygen atoms in total. The van der Waals surface area contributed by atoms with Crippen molar-refractivity contribution in [2.75, 3.05) is 13.2 Å². The molecule has 0 heterocycles. The highest BCUT2D eigenvalue weighted by Crippen LogP contribution is 2.11. The molecule has 0 bridgehead atoms. The molecular weight excluding hydrogens is 500 g/mol. The zero-order valence-electron chi connectivity index (χ0n) is 25.8. The number of carbonyl (C=O) groups is 2. The monoisotopic (exact) mass is 560 g/mol. The Hall–Kier alpha value is -2.14. The summed E-state index contributed by atoms with van der Waals surface area (Å²) in [7, 11) is 0. The number of ether oxygens (including phenoxy) is 2. The molecule has 0 aromatic heterocycles. The molecule has 0 rings (SSSR count). The minimum atomic E-state index is -0.780. The van der Waals surface area contributed by atoms with Gasteiger partial charge in [-0.15, -0.1) is 0 Å². The highest BCUT2D eigenvalue weighted by atomic mass is 16.6. The van der Waals surface area contributed by atoms with Crippen molar-refractivity contribution >= 4 is 11.9 Å². The molecule has 230 valence electrons. The summed E-state index contributed by atoms with van der Waals surface area (Å²) in [6, 6.07) is 0. The van der Waals surface area contributed by atoms with Crippen LogP contribution >= 0.6 is 0 Å². The van der Waals surface area contributed by atoms with Crippen molar-refractivity contribution in [1.29, 1.82) is 0 Å². The number of esters is 2. The van der Waals surface area contributed by atoms with Gasteiger partial charge in [0.15, 0.2) is 6.10 Å². The summed E-state index contributed by atoms with van der Waals surface area (Å²) in [6.07, 6.45) is 37.3. The van der Waals surface area contributed by atoms with E-state index in [9.17, 15) is 14.7 Å². The van der Waals surface area contributed by atoms with Gasteiger partial charge in [0.25, 0.3) is 0 Å². The van der Waals surface area contributed by atoms with Crippen LogP contribution in [0.15, 0.2) is 48.6 Å². The molecule has 0 aliphatic heterocycles. The number of aliphatic hydroxyl groups excluding tert-OH is 1. The van der Waals surface area contributed by atoms with Gasteiger partial charge in [-0.1, -0.05) is 127 Å². The van der Waals surface area contributed by atoms with Gasteiger partial charge in [0.1, 0.15) is 6.61 Å². The van der Waals surface area contributed by atoms with Crippen LogP contribution < -0.4 is 0 Å². The largest absolute Gasteiger partial charge is 0.462 e. The molecule has 0 spiro atoms. The van der Waals surface area contributed by atoms with Crippen molar-refractivity contribution in [2.45, 2.75) is 148 Å². The lowest BCUT2D eigenvalue weighted by molar-refractivity contribution is -0.161. The predicted octanol–water partition coefficient (Wildman–Crippen LogP) is 9.50. The van der Waals surface area contributed by atoms with Crippen LogP contribution in [0.3, 0.4) is 0 Å². The second kappa shape index (κ2) is 31.4. The van der Waals surface area contributed by atoms with Gasteiger partial charge in [0.2, 0.25) is 0 Å². The number of unbranched alkanes of at least 4 members (excludes halogenated alkanes) is 14. The van der Waals surface area contributed by atoms with Crippen molar-refractivity contribution in [3.8, 4) is 0 Å². The van der Waals surface area contributed by atoms with Crippen LogP contribution in [-0.2, 0) is 19.1 Å². The van der Waals surface area contributed by atoms with Gasteiger partial charge in [0, 0.05) is 12.8 Å². The van der Waals surface area contributed by atoms with Gasteiger partial charge >= 0.3 is 11.9 Å². The van der Waals surface area contributed by atoms with Crippen LogP contribution in [0.2, 0.25) is 0 Å². The lowest BCUT2D eigenvalue weighted by Gasteiger charge is -2.15. The minimum Gasteiger partial charge on any atom is -0.462 e. The van der Waals surface area contributed by atoms with Gasteiger partial charge in [-0.3, -0.25) is 9.59 Å². The van der Waals surface area contributed by atoms with Gasteiger partial charge in [-0.2, -0.15) is 0 Å². The number of aliphatic hydroxyl groups is 1. The van der Waals surface area contributed by atoms with Crippen molar-refractivity contribution in [2.24, 2.45) is 0 Å². The summed E-state index contributed by atoms with van der Waals surface area (Å²) in [6.45, 7) is 3.95. The van der Waals surface area contributed by atoms with Crippen molar-refractivity contribution in [3.63, 3.8) is 0 Å². The standard InChI is InChI=1S/C35H60O5/c1-3-5-7-9-11-13-15-17-19-21-23-25-27-29-34(37)39-32-33(31-36)40-35(38)30-28-26-24-22-20-18-16-14-12-10-8-6-4-2/h7-14,33,36H,3-6,15-32H2,1-2H3/t33-/m0/s1. The van der Waals surface area contributed by atoms with Crippen LogP contribution in [0.5, 0.6) is 0 Å². The lowest BCUT2D eigenvalue weighted by Crippen LogP contribution is -2.28. The number of hydrogen-bond acceptors (Lipinski definition) is 5. The highest BCUT2D eigenvalue weighted by molar-refractivity contribution is 5.70. The molecule has 1 atom stereocenters. The van der Waals surface area contributed by atoms with Gasteiger partial charge in [-0.05, 0) is 51.4 Å². The number of carbonyl (C=O) groups excluding carboxylic acids is 2. The Balaban J connectivity index is 3.64. The molecule has 0 fully saturated rings. The third kappa shape index (κ3) is 28.9. The highest BCUT2D eigenvalue weighted by Gasteiger charge is 2.16. The lowest BCUT2D eigenvalue weighted by atomic mass is 10.1. The maximum absolute atomic E-state index is 12.1. The molecule has 40 heavy (non-hydrogen) atoms. The Kier molecular flexibility index (Phi) is 29.7. The maximum Gasteiger partial charge on any atom is 0.306 e. The van der Waals surface area contributed by atoms with E-state index < -0.39 is 6.10 Å². The quantitative estimate of drug-likeness (QED) is 0.0586. The molecule has 5 heteroatoms. The van der Waals surface area contributed by atoms with Crippen molar-refractivity contribution in [1.82, 2.24) is 0 Å². The molecule has 0 aliphatic rings. The minimum absolute atomic E-state index is 0.0783. The number of rotatable bonds is 28. The van der Waals surface area contributed by atoms with E-state index in [2.05, 4.69) is 62.5 Å². The van der Waals surface area contributed by atoms with Crippen LogP contribution in [0.1, 0.15) is 142 Å². The fourth-order valence-electron chi connectivity index (χ4n) is 4.14. The first-order valence-corrected chi connectivity index (χ1v) is 16.2. The zero-order valence-corrected chi connectivity index (χ0v) is 25.8. The Morgan fingerprint density at radius 2 is 0.975 bits per heavy atom. The maximum atomic E-state index is 12.1. The summed E-state index contributed by atoms with van der Waals surface area (Å²) in [5, 5.41) is 9.49. The Labute approximate surface area is 246 Å². The van der Waals surface area contributed by atoms with E-state index in [4.69, 9.17) is 9.47 Å². The van der Waals surface area contributed by atoms with E-state index in [1.807, 2.05) is 0 Å². The summed E-state index contributed by atoms with van der Waals surface area (Å²) >= 11 is 0. The van der Waals surface area contributed by atoms with Crippen LogP contribution in [0.4, 0.5) is 0 Å². The molecule has 0 saturated carbocycles. The molecule has 0 unspecified atom stereocenters. The fourth-order valence-corrected chi connectivity index (χ4v) is 4.14. The van der Waals surface area contributed by atoms with Crippen LogP contribution in [0.25, 0.3) is 0 Å². The first-order chi connectivity index (χ1) is 19.6. The van der Waals surface area contributed by atoms with Crippen LogP contribution in [0, 0.1) is 0 Å². The molecule has 0 amide bonds. The second-order valence-corrected chi connectivity index (χ2v) is 10.6.